The van der Waals surface area contributed by atoms with Gasteiger partial charge in [0.05, 0.1) is 23.3 Å². The van der Waals surface area contributed by atoms with E-state index in [0.717, 1.165) is 11.3 Å². The maximum absolute atomic E-state index is 11.1. The molecule has 0 atom stereocenters. The number of methoxy groups -OCH3 is 1. The number of hydrogen-bond acceptors (Lipinski definition) is 6. The van der Waals surface area contributed by atoms with Crippen molar-refractivity contribution in [2.75, 3.05) is 7.11 Å². The van der Waals surface area contributed by atoms with Crippen LogP contribution >= 0.6 is 0 Å². The predicted molar refractivity (Wildman–Crippen MR) is 95.5 cm³/mol. The molecule has 1 aromatic heterocycles. The minimum Gasteiger partial charge on any atom is -0.507 e. The highest BCUT2D eigenvalue weighted by Gasteiger charge is 2.19. The maximum Gasteiger partial charge on any atom is 0.270 e. The van der Waals surface area contributed by atoms with Crippen molar-refractivity contribution >= 4 is 5.69 Å². The zero-order valence-corrected chi connectivity index (χ0v) is 14.6. The van der Waals surface area contributed by atoms with Gasteiger partial charge in [0, 0.05) is 24.1 Å². The minimum atomic E-state index is -0.471. The number of aromatic nitrogens is 1. The molecule has 1 heterocycles. The number of hydrogen-bond donors (Lipinski definition) is 1. The molecule has 0 radical (unpaired) electrons. The summed E-state index contributed by atoms with van der Waals surface area (Å²) in [6, 6.07) is 9.60. The van der Waals surface area contributed by atoms with E-state index >= 15 is 0 Å². The average Bonchev–Trinajstić information content (AvgIpc) is 2.95. The molecule has 0 saturated carbocycles. The van der Waals surface area contributed by atoms with Crippen LogP contribution in [0.4, 0.5) is 5.69 Å². The molecule has 0 saturated heterocycles. The number of nitro benzene ring substituents is 1. The van der Waals surface area contributed by atoms with E-state index in [9.17, 15) is 15.2 Å². The van der Waals surface area contributed by atoms with E-state index in [4.69, 9.17) is 9.26 Å². The Labute approximate surface area is 150 Å². The topological polar surface area (TPSA) is 98.6 Å². The third kappa shape index (κ3) is 3.11. The molecule has 0 fully saturated rings. The largest absolute Gasteiger partial charge is 0.507 e. The van der Waals surface area contributed by atoms with Crippen LogP contribution in [0.15, 0.2) is 40.9 Å². The van der Waals surface area contributed by atoms with Gasteiger partial charge in [0.15, 0.2) is 0 Å². The van der Waals surface area contributed by atoms with Crippen molar-refractivity contribution < 1.29 is 19.3 Å². The fourth-order valence-corrected chi connectivity index (χ4v) is 2.93. The second-order valence-corrected chi connectivity index (χ2v) is 5.94. The summed E-state index contributed by atoms with van der Waals surface area (Å²) < 4.78 is 10.5. The summed E-state index contributed by atoms with van der Waals surface area (Å²) in [7, 11) is 1.49. The lowest BCUT2D eigenvalue weighted by Gasteiger charge is -2.14. The van der Waals surface area contributed by atoms with E-state index in [-0.39, 0.29) is 11.4 Å². The van der Waals surface area contributed by atoms with E-state index in [1.165, 1.54) is 19.2 Å². The van der Waals surface area contributed by atoms with Gasteiger partial charge in [-0.25, -0.2) is 0 Å². The Hall–Kier alpha value is -3.35. The summed E-state index contributed by atoms with van der Waals surface area (Å²) in [4.78, 5) is 10.6. The van der Waals surface area contributed by atoms with Crippen LogP contribution in [-0.4, -0.2) is 22.3 Å². The van der Waals surface area contributed by atoms with Gasteiger partial charge in [-0.05, 0) is 31.0 Å². The summed E-state index contributed by atoms with van der Waals surface area (Å²) >= 11 is 0. The van der Waals surface area contributed by atoms with Crippen LogP contribution in [0.3, 0.4) is 0 Å². The van der Waals surface area contributed by atoms with Crippen LogP contribution in [0.25, 0.3) is 11.1 Å². The molecule has 0 aliphatic rings. The number of aryl methyl sites for hydroxylation is 2. The number of non-ortho nitro benzene ring substituents is 1. The quantitative estimate of drug-likeness (QED) is 0.545. The van der Waals surface area contributed by atoms with Gasteiger partial charge in [0.2, 0.25) is 0 Å². The molecule has 2 aromatic carbocycles. The molecule has 0 bridgehead atoms. The predicted octanol–water partition coefficient (Wildman–Crippen LogP) is 4.17. The van der Waals surface area contributed by atoms with Gasteiger partial charge < -0.3 is 14.4 Å². The molecular weight excluding hydrogens is 336 g/mol. The van der Waals surface area contributed by atoms with Gasteiger partial charge in [-0.2, -0.15) is 0 Å². The fourth-order valence-electron chi connectivity index (χ4n) is 2.93. The number of rotatable bonds is 5. The van der Waals surface area contributed by atoms with E-state index in [0.29, 0.717) is 34.6 Å². The highest BCUT2D eigenvalue weighted by Crippen LogP contribution is 2.42. The van der Waals surface area contributed by atoms with Crippen LogP contribution in [0.1, 0.15) is 22.6 Å². The standard InChI is InChI=1S/C19H18N2O5/c1-11-16(12(2)26-20-11)10-14-7-8-17(25-3)18(19(14)22)13-5-4-6-15(9-13)21(23)24/h4-9,22H,10H2,1-3H3. The number of benzene rings is 2. The van der Waals surface area contributed by atoms with Crippen molar-refractivity contribution in [1.82, 2.24) is 5.16 Å². The monoisotopic (exact) mass is 354 g/mol. The van der Waals surface area contributed by atoms with Gasteiger partial charge in [-0.1, -0.05) is 23.4 Å². The third-order valence-electron chi connectivity index (χ3n) is 4.34. The maximum atomic E-state index is 11.1. The zero-order valence-electron chi connectivity index (χ0n) is 14.6. The zero-order chi connectivity index (χ0) is 18.8. The summed E-state index contributed by atoms with van der Waals surface area (Å²) in [6.45, 7) is 3.66. The van der Waals surface area contributed by atoms with Crippen LogP contribution in [0.5, 0.6) is 11.5 Å². The summed E-state index contributed by atoms with van der Waals surface area (Å²) in [6.07, 6.45) is 0.429. The number of phenolic OH excluding ortho intramolecular Hbond substituents is 1. The molecule has 26 heavy (non-hydrogen) atoms. The van der Waals surface area contributed by atoms with Crippen molar-refractivity contribution in [1.29, 1.82) is 0 Å². The lowest BCUT2D eigenvalue weighted by atomic mass is 9.96. The average molecular weight is 354 g/mol. The van der Waals surface area contributed by atoms with Gasteiger partial charge in [-0.3, -0.25) is 10.1 Å². The smallest absolute Gasteiger partial charge is 0.270 e. The van der Waals surface area contributed by atoms with Crippen molar-refractivity contribution in [3.05, 3.63) is 69.1 Å². The molecule has 0 aliphatic carbocycles. The lowest BCUT2D eigenvalue weighted by molar-refractivity contribution is -0.384. The number of ether oxygens (including phenoxy) is 1. The van der Waals surface area contributed by atoms with Crippen molar-refractivity contribution in [2.24, 2.45) is 0 Å². The number of nitro groups is 1. The molecule has 3 aromatic rings. The van der Waals surface area contributed by atoms with Gasteiger partial charge in [0.1, 0.15) is 17.3 Å². The van der Waals surface area contributed by atoms with Crippen LogP contribution in [0, 0.1) is 24.0 Å². The Balaban J connectivity index is 2.13. The fraction of sp³-hybridized carbons (Fsp3) is 0.211. The molecular formula is C19H18N2O5. The van der Waals surface area contributed by atoms with E-state index in [2.05, 4.69) is 5.16 Å². The number of phenols is 1. The minimum absolute atomic E-state index is 0.0184. The number of aromatic hydroxyl groups is 1. The highest BCUT2D eigenvalue weighted by atomic mass is 16.6. The van der Waals surface area contributed by atoms with Crippen molar-refractivity contribution in [2.45, 2.75) is 20.3 Å². The molecule has 134 valence electrons. The molecule has 0 amide bonds. The summed E-state index contributed by atoms with van der Waals surface area (Å²) in [5.41, 5.74) is 3.18. The van der Waals surface area contributed by atoms with Crippen LogP contribution < -0.4 is 4.74 Å². The second kappa shape index (κ2) is 6.87. The first-order valence-corrected chi connectivity index (χ1v) is 7.97. The van der Waals surface area contributed by atoms with Gasteiger partial charge in [0.25, 0.3) is 5.69 Å². The first-order chi connectivity index (χ1) is 12.4. The molecule has 7 heteroatoms. The Morgan fingerprint density at radius 1 is 1.27 bits per heavy atom. The van der Waals surface area contributed by atoms with E-state index in [1.54, 1.807) is 24.3 Å². The SMILES string of the molecule is COc1ccc(Cc2c(C)noc2C)c(O)c1-c1cccc([N+](=O)[O-])c1. The lowest BCUT2D eigenvalue weighted by Crippen LogP contribution is -1.96. The third-order valence-corrected chi connectivity index (χ3v) is 4.34. The first-order valence-electron chi connectivity index (χ1n) is 7.97. The molecule has 3 rings (SSSR count). The first kappa shape index (κ1) is 17.5. The Bertz CT molecular complexity index is 959. The molecule has 1 N–H and O–H groups in total. The van der Waals surface area contributed by atoms with E-state index in [1.807, 2.05) is 13.8 Å². The Kier molecular flexibility index (Phi) is 4.62. The van der Waals surface area contributed by atoms with Gasteiger partial charge >= 0.3 is 0 Å². The van der Waals surface area contributed by atoms with Crippen LogP contribution in [0.2, 0.25) is 0 Å². The highest BCUT2D eigenvalue weighted by molar-refractivity contribution is 5.79. The van der Waals surface area contributed by atoms with Crippen molar-refractivity contribution in [3.63, 3.8) is 0 Å². The van der Waals surface area contributed by atoms with Gasteiger partial charge in [-0.15, -0.1) is 0 Å². The molecule has 0 unspecified atom stereocenters. The molecule has 0 spiro atoms. The van der Waals surface area contributed by atoms with Crippen LogP contribution in [-0.2, 0) is 6.42 Å². The Morgan fingerprint density at radius 3 is 2.65 bits per heavy atom. The summed E-state index contributed by atoms with van der Waals surface area (Å²) in [5.74, 6) is 1.14. The van der Waals surface area contributed by atoms with E-state index < -0.39 is 4.92 Å². The summed E-state index contributed by atoms with van der Waals surface area (Å²) in [5, 5.41) is 25.9. The second-order valence-electron chi connectivity index (χ2n) is 5.94. The van der Waals surface area contributed by atoms with Crippen molar-refractivity contribution in [3.8, 4) is 22.6 Å². The number of nitrogens with zero attached hydrogens (tertiary/aromatic N) is 2. The Morgan fingerprint density at radius 2 is 2.04 bits per heavy atom. The normalized spacial score (nSPS) is 10.7. The molecule has 0 aliphatic heterocycles. The molecule has 7 nitrogen and oxygen atoms in total.